The van der Waals surface area contributed by atoms with Gasteiger partial charge >= 0.3 is 0 Å². The van der Waals surface area contributed by atoms with E-state index in [1.165, 1.54) is 30.6 Å². The van der Waals surface area contributed by atoms with Crippen LogP contribution in [0.4, 0.5) is 0 Å². The molecular formula is C20H26Cl2N4O4S. The van der Waals surface area contributed by atoms with Crippen molar-refractivity contribution < 1.29 is 18.0 Å². The highest BCUT2D eigenvalue weighted by atomic mass is 35.5. The molecule has 0 aromatic heterocycles. The van der Waals surface area contributed by atoms with Crippen LogP contribution in [0.2, 0.25) is 10.0 Å². The summed E-state index contributed by atoms with van der Waals surface area (Å²) in [6, 6.07) is 3.43. The van der Waals surface area contributed by atoms with Crippen molar-refractivity contribution in [3.63, 3.8) is 0 Å². The number of carbonyl (C=O) groups is 2. The van der Waals surface area contributed by atoms with E-state index in [4.69, 9.17) is 23.2 Å². The van der Waals surface area contributed by atoms with Crippen molar-refractivity contribution in [3.8, 4) is 0 Å². The van der Waals surface area contributed by atoms with Crippen molar-refractivity contribution >= 4 is 45.0 Å². The van der Waals surface area contributed by atoms with E-state index in [0.29, 0.717) is 19.1 Å². The van der Waals surface area contributed by atoms with E-state index in [2.05, 4.69) is 10.2 Å². The van der Waals surface area contributed by atoms with E-state index in [0.717, 1.165) is 23.6 Å². The minimum absolute atomic E-state index is 0.0841. The van der Waals surface area contributed by atoms with E-state index in [9.17, 15) is 18.0 Å². The first-order chi connectivity index (χ1) is 14.6. The van der Waals surface area contributed by atoms with Gasteiger partial charge in [-0.3, -0.25) is 13.9 Å². The minimum atomic E-state index is -4.21. The van der Waals surface area contributed by atoms with Gasteiger partial charge in [-0.1, -0.05) is 29.3 Å². The predicted molar refractivity (Wildman–Crippen MR) is 119 cm³/mol. The van der Waals surface area contributed by atoms with Gasteiger partial charge in [-0.05, 0) is 45.5 Å². The summed E-state index contributed by atoms with van der Waals surface area (Å²) in [6.45, 7) is 1.15. The maximum atomic E-state index is 13.3. The second-order valence-corrected chi connectivity index (χ2v) is 10.5. The zero-order valence-electron chi connectivity index (χ0n) is 17.4. The van der Waals surface area contributed by atoms with Gasteiger partial charge in [0.15, 0.2) is 0 Å². The van der Waals surface area contributed by atoms with Crippen LogP contribution in [0.1, 0.15) is 25.7 Å². The third-order valence-corrected chi connectivity index (χ3v) is 8.44. The number of nitrogens with zero attached hydrogens (tertiary/aromatic N) is 3. The van der Waals surface area contributed by atoms with Crippen molar-refractivity contribution in [1.29, 1.82) is 0 Å². The standard InChI is InChI=1S/C20H26Cl2N4O4S/c1-24(2)14-5-4-10-25(11-8-14)18(27)13-16-20(28)23-9-12-26(16)31(29,30)17-7-3-6-15(21)19(17)22/h3,6-7,9,12,14,16H,4-5,8,10-11,13H2,1-2H3,(H,23,28)/t14?,16-/m1/s1. The fraction of sp³-hybridized carbons (Fsp3) is 0.500. The molecule has 1 unspecified atom stereocenters. The summed E-state index contributed by atoms with van der Waals surface area (Å²) >= 11 is 12.1. The summed E-state index contributed by atoms with van der Waals surface area (Å²) in [5, 5.41) is 2.45. The number of carbonyl (C=O) groups excluding carboxylic acids is 2. The molecule has 8 nitrogen and oxygen atoms in total. The molecule has 1 aromatic rings. The number of benzene rings is 1. The van der Waals surface area contributed by atoms with Crippen LogP contribution in [-0.2, 0) is 19.6 Å². The van der Waals surface area contributed by atoms with Crippen molar-refractivity contribution in [2.75, 3.05) is 27.2 Å². The summed E-state index contributed by atoms with van der Waals surface area (Å²) < 4.78 is 27.4. The van der Waals surface area contributed by atoms with Gasteiger partial charge in [0, 0.05) is 31.5 Å². The van der Waals surface area contributed by atoms with Crippen molar-refractivity contribution in [3.05, 3.63) is 40.6 Å². The number of likely N-dealkylation sites (tertiary alicyclic amines) is 1. The molecule has 2 heterocycles. The molecule has 1 N–H and O–H groups in total. The van der Waals surface area contributed by atoms with Gasteiger partial charge in [0.1, 0.15) is 10.9 Å². The Bertz CT molecular complexity index is 983. The Balaban J connectivity index is 1.82. The lowest BCUT2D eigenvalue weighted by Crippen LogP contribution is -2.51. The van der Waals surface area contributed by atoms with Crippen LogP contribution in [0.3, 0.4) is 0 Å². The van der Waals surface area contributed by atoms with Crippen LogP contribution >= 0.6 is 23.2 Å². The molecule has 1 fully saturated rings. The van der Waals surface area contributed by atoms with Gasteiger partial charge in [0.2, 0.25) is 11.8 Å². The summed E-state index contributed by atoms with van der Waals surface area (Å²) in [5.41, 5.74) is 0. The summed E-state index contributed by atoms with van der Waals surface area (Å²) in [4.78, 5) is 29.2. The van der Waals surface area contributed by atoms with Gasteiger partial charge in [0.05, 0.1) is 16.5 Å². The molecule has 0 aliphatic carbocycles. The highest BCUT2D eigenvalue weighted by molar-refractivity contribution is 7.89. The number of hydrogen-bond donors (Lipinski definition) is 1. The fourth-order valence-electron chi connectivity index (χ4n) is 3.87. The fourth-order valence-corrected chi connectivity index (χ4v) is 6.06. The quantitative estimate of drug-likeness (QED) is 0.686. The van der Waals surface area contributed by atoms with Gasteiger partial charge in [-0.25, -0.2) is 8.42 Å². The van der Waals surface area contributed by atoms with E-state index >= 15 is 0 Å². The lowest BCUT2D eigenvalue weighted by Gasteiger charge is -2.32. The Hall–Kier alpha value is -1.81. The number of nitrogens with one attached hydrogen (secondary N) is 1. The van der Waals surface area contributed by atoms with Crippen LogP contribution in [0.5, 0.6) is 0 Å². The highest BCUT2D eigenvalue weighted by Gasteiger charge is 2.39. The number of halogens is 2. The highest BCUT2D eigenvalue weighted by Crippen LogP contribution is 2.33. The number of amides is 2. The Kier molecular flexibility index (Phi) is 7.51. The molecule has 2 atom stereocenters. The molecule has 11 heteroatoms. The zero-order valence-corrected chi connectivity index (χ0v) is 19.8. The normalized spacial score (nSPS) is 22.4. The summed E-state index contributed by atoms with van der Waals surface area (Å²) in [6.07, 6.45) is 4.86. The van der Waals surface area contributed by atoms with Crippen molar-refractivity contribution in [2.45, 2.75) is 42.7 Å². The predicted octanol–water partition coefficient (Wildman–Crippen LogP) is 2.29. The minimum Gasteiger partial charge on any atom is -0.343 e. The number of hydrogen-bond acceptors (Lipinski definition) is 5. The number of sulfonamides is 1. The topological polar surface area (TPSA) is 90.0 Å². The van der Waals surface area contributed by atoms with Gasteiger partial charge < -0.3 is 15.1 Å². The molecule has 3 rings (SSSR count). The third kappa shape index (κ3) is 5.16. The molecule has 0 spiro atoms. The summed E-state index contributed by atoms with van der Waals surface area (Å²) in [7, 11) is -0.172. The lowest BCUT2D eigenvalue weighted by molar-refractivity contribution is -0.135. The monoisotopic (exact) mass is 488 g/mol. The maximum absolute atomic E-state index is 13.3. The first kappa shape index (κ1) is 23.8. The number of rotatable bonds is 5. The van der Waals surface area contributed by atoms with E-state index in [-0.39, 0.29) is 27.3 Å². The molecule has 1 aromatic carbocycles. The largest absolute Gasteiger partial charge is 0.343 e. The van der Waals surface area contributed by atoms with Crippen LogP contribution in [0.25, 0.3) is 0 Å². The first-order valence-corrected chi connectivity index (χ1v) is 12.2. The second-order valence-electron chi connectivity index (χ2n) is 7.86. The molecular weight excluding hydrogens is 463 g/mol. The molecule has 0 saturated carbocycles. The average molecular weight is 489 g/mol. The maximum Gasteiger partial charge on any atom is 0.266 e. The Morgan fingerprint density at radius 2 is 1.97 bits per heavy atom. The van der Waals surface area contributed by atoms with Gasteiger partial charge in [-0.2, -0.15) is 0 Å². The Morgan fingerprint density at radius 3 is 2.68 bits per heavy atom. The molecule has 0 radical (unpaired) electrons. The van der Waals surface area contributed by atoms with Crippen molar-refractivity contribution in [1.82, 2.24) is 19.4 Å². The van der Waals surface area contributed by atoms with E-state index in [1.807, 2.05) is 14.1 Å². The van der Waals surface area contributed by atoms with Gasteiger partial charge in [0.25, 0.3) is 10.0 Å². The molecule has 31 heavy (non-hydrogen) atoms. The molecule has 2 aliphatic rings. The Labute approximate surface area is 192 Å². The third-order valence-electron chi connectivity index (χ3n) is 5.68. The van der Waals surface area contributed by atoms with Crippen LogP contribution in [0.15, 0.2) is 35.5 Å². The van der Waals surface area contributed by atoms with E-state index < -0.39 is 22.0 Å². The van der Waals surface area contributed by atoms with Crippen LogP contribution in [-0.4, -0.2) is 73.6 Å². The van der Waals surface area contributed by atoms with Gasteiger partial charge in [-0.15, -0.1) is 0 Å². The smallest absolute Gasteiger partial charge is 0.266 e. The zero-order chi connectivity index (χ0) is 22.8. The van der Waals surface area contributed by atoms with E-state index in [1.54, 1.807) is 4.90 Å². The van der Waals surface area contributed by atoms with Crippen LogP contribution in [0, 0.1) is 0 Å². The average Bonchev–Trinajstić information content (AvgIpc) is 2.98. The Morgan fingerprint density at radius 1 is 1.23 bits per heavy atom. The molecule has 170 valence electrons. The van der Waals surface area contributed by atoms with Crippen LogP contribution < -0.4 is 5.32 Å². The molecule has 2 amide bonds. The second kappa shape index (κ2) is 9.77. The summed E-state index contributed by atoms with van der Waals surface area (Å²) in [5.74, 6) is -0.828. The molecule has 0 bridgehead atoms. The molecule has 1 saturated heterocycles. The molecule has 2 aliphatic heterocycles. The SMILES string of the molecule is CN(C)C1CCCN(C(=O)C[C@@H]2C(=O)NC=CN2S(=O)(=O)c2cccc(Cl)c2Cl)CC1. The van der Waals surface area contributed by atoms with Crippen molar-refractivity contribution in [2.24, 2.45) is 0 Å². The lowest BCUT2D eigenvalue weighted by atomic mass is 10.1. The first-order valence-electron chi connectivity index (χ1n) is 10.0.